The molecule has 4 nitrogen and oxygen atoms in total. The maximum absolute atomic E-state index is 13.9. The van der Waals surface area contributed by atoms with Crippen LogP contribution in [0.2, 0.25) is 0 Å². The van der Waals surface area contributed by atoms with E-state index in [2.05, 4.69) is 4.74 Å². The fraction of sp³-hybridized carbons (Fsp3) is 0.250. The zero-order valence-electron chi connectivity index (χ0n) is 21.4. The predicted molar refractivity (Wildman–Crippen MR) is 147 cm³/mol. The molecule has 4 rings (SSSR count). The molecule has 0 saturated heterocycles. The molecule has 0 heterocycles. The lowest BCUT2D eigenvalue weighted by Gasteiger charge is -2.30. The Bertz CT molecular complexity index is 1300. The van der Waals surface area contributed by atoms with Crippen molar-refractivity contribution in [3.63, 3.8) is 0 Å². The molecule has 1 aliphatic carbocycles. The Hall–Kier alpha value is -4.06. The number of carbonyl (C=O) groups is 2. The first-order valence-corrected chi connectivity index (χ1v) is 12.8. The third kappa shape index (κ3) is 7.03. The predicted octanol–water partition coefficient (Wildman–Crippen LogP) is 7.43. The number of halogens is 2. The van der Waals surface area contributed by atoms with Gasteiger partial charge in [0.05, 0.1) is 13.7 Å². The largest absolute Gasteiger partial charge is 0.466 e. The zero-order valence-corrected chi connectivity index (χ0v) is 21.4. The molecular weight excluding hydrogens is 484 g/mol. The number of carbonyl (C=O) groups excluding carboxylic acids is 2. The summed E-state index contributed by atoms with van der Waals surface area (Å²) < 4.78 is 32.5. The number of hydrogen-bond acceptors (Lipinski definition) is 3. The first-order chi connectivity index (χ1) is 18.4. The topological polar surface area (TPSA) is 46.6 Å². The summed E-state index contributed by atoms with van der Waals surface area (Å²) in [6, 6.07) is 18.9. The summed E-state index contributed by atoms with van der Waals surface area (Å²) in [5, 5.41) is 0. The molecule has 3 aromatic rings. The molecule has 3 aromatic carbocycles. The Balaban J connectivity index is 1.57. The van der Waals surface area contributed by atoms with Crippen LogP contribution in [0.1, 0.15) is 54.4 Å². The summed E-state index contributed by atoms with van der Waals surface area (Å²) in [7, 11) is 1.33. The first kappa shape index (κ1) is 27.0. The quantitative estimate of drug-likeness (QED) is 0.178. The van der Waals surface area contributed by atoms with Gasteiger partial charge in [0.15, 0.2) is 0 Å². The molecule has 1 amide bonds. The van der Waals surface area contributed by atoms with Crippen LogP contribution in [-0.2, 0) is 20.9 Å². The highest BCUT2D eigenvalue weighted by molar-refractivity contribution is 5.95. The van der Waals surface area contributed by atoms with Crippen LogP contribution in [-0.4, -0.2) is 19.0 Å². The van der Waals surface area contributed by atoms with Crippen LogP contribution >= 0.6 is 0 Å². The molecule has 0 unspecified atom stereocenters. The van der Waals surface area contributed by atoms with E-state index in [-0.39, 0.29) is 17.4 Å². The van der Waals surface area contributed by atoms with Gasteiger partial charge in [-0.15, -0.1) is 0 Å². The summed E-state index contributed by atoms with van der Waals surface area (Å²) in [5.41, 5.74) is 3.18. The first-order valence-electron chi connectivity index (χ1n) is 12.8. The molecule has 0 bridgehead atoms. The summed E-state index contributed by atoms with van der Waals surface area (Å²) in [4.78, 5) is 27.0. The summed E-state index contributed by atoms with van der Waals surface area (Å²) in [5.74, 6) is -1.59. The van der Waals surface area contributed by atoms with Crippen LogP contribution in [0.5, 0.6) is 0 Å². The van der Waals surface area contributed by atoms with Gasteiger partial charge in [0.1, 0.15) is 11.6 Å². The normalized spacial score (nSPS) is 14.2. The Morgan fingerprint density at radius 1 is 0.868 bits per heavy atom. The van der Waals surface area contributed by atoms with E-state index in [9.17, 15) is 18.4 Å². The van der Waals surface area contributed by atoms with E-state index < -0.39 is 17.6 Å². The second-order valence-electron chi connectivity index (χ2n) is 9.42. The van der Waals surface area contributed by atoms with Crippen LogP contribution in [0.4, 0.5) is 14.5 Å². The van der Waals surface area contributed by atoms with Gasteiger partial charge < -0.3 is 9.64 Å². The van der Waals surface area contributed by atoms with Gasteiger partial charge in [-0.1, -0.05) is 67.8 Å². The molecule has 0 radical (unpaired) electrons. The lowest BCUT2D eigenvalue weighted by molar-refractivity contribution is -0.134. The number of methoxy groups -OCH3 is 1. The van der Waals surface area contributed by atoms with E-state index in [1.54, 1.807) is 12.2 Å². The van der Waals surface area contributed by atoms with Crippen molar-refractivity contribution in [1.82, 2.24) is 0 Å². The number of nitrogens with zero attached hydrogens (tertiary/aromatic N) is 1. The Kier molecular flexibility index (Phi) is 9.20. The van der Waals surface area contributed by atoms with Crippen LogP contribution in [0.25, 0.3) is 18.2 Å². The number of amides is 1. The van der Waals surface area contributed by atoms with Gasteiger partial charge in [0, 0.05) is 23.2 Å². The van der Waals surface area contributed by atoms with E-state index in [1.807, 2.05) is 53.4 Å². The molecule has 0 aliphatic heterocycles. The fourth-order valence-electron chi connectivity index (χ4n) is 4.66. The maximum Gasteiger partial charge on any atom is 0.330 e. The average Bonchev–Trinajstić information content (AvgIpc) is 2.95. The maximum atomic E-state index is 13.9. The van der Waals surface area contributed by atoms with E-state index in [0.29, 0.717) is 6.54 Å². The SMILES string of the molecule is COC(=O)/C=C/c1cccc(N(Cc2ccc(/C=C/c3c(F)cccc3F)cc2)C(=O)C2CCCCC2)c1. The molecule has 1 aliphatic rings. The molecule has 6 heteroatoms. The van der Waals surface area contributed by atoms with Crippen LogP contribution in [0.15, 0.2) is 72.8 Å². The third-order valence-electron chi connectivity index (χ3n) is 6.78. The second-order valence-corrected chi connectivity index (χ2v) is 9.42. The number of ether oxygens (including phenoxy) is 1. The molecule has 38 heavy (non-hydrogen) atoms. The highest BCUT2D eigenvalue weighted by atomic mass is 19.1. The van der Waals surface area contributed by atoms with E-state index in [1.165, 1.54) is 37.5 Å². The minimum atomic E-state index is -0.613. The molecular formula is C32H31F2NO3. The minimum absolute atomic E-state index is 0.0177. The van der Waals surface area contributed by atoms with E-state index in [4.69, 9.17) is 0 Å². The Morgan fingerprint density at radius 3 is 2.24 bits per heavy atom. The number of rotatable bonds is 8. The Labute approximate surface area is 222 Å². The van der Waals surface area contributed by atoms with E-state index >= 15 is 0 Å². The minimum Gasteiger partial charge on any atom is -0.466 e. The Morgan fingerprint density at radius 2 is 1.55 bits per heavy atom. The van der Waals surface area contributed by atoms with Gasteiger partial charge in [-0.05, 0) is 65.9 Å². The molecule has 1 fully saturated rings. The van der Waals surface area contributed by atoms with Crippen molar-refractivity contribution < 1.29 is 23.1 Å². The smallest absolute Gasteiger partial charge is 0.330 e. The van der Waals surface area contributed by atoms with Gasteiger partial charge in [0.2, 0.25) is 5.91 Å². The van der Waals surface area contributed by atoms with Crippen LogP contribution in [0, 0.1) is 17.6 Å². The van der Waals surface area contributed by atoms with Crippen molar-refractivity contribution in [2.75, 3.05) is 12.0 Å². The van der Waals surface area contributed by atoms with Crippen molar-refractivity contribution >= 4 is 35.8 Å². The van der Waals surface area contributed by atoms with Gasteiger partial charge in [-0.2, -0.15) is 0 Å². The molecule has 0 spiro atoms. The molecule has 196 valence electrons. The summed E-state index contributed by atoms with van der Waals surface area (Å²) in [6.07, 6.45) is 11.1. The van der Waals surface area contributed by atoms with Crippen molar-refractivity contribution in [2.45, 2.75) is 38.6 Å². The molecule has 0 N–H and O–H groups in total. The van der Waals surface area contributed by atoms with Gasteiger partial charge in [-0.3, -0.25) is 4.79 Å². The van der Waals surface area contributed by atoms with Gasteiger partial charge in [0.25, 0.3) is 0 Å². The average molecular weight is 516 g/mol. The van der Waals surface area contributed by atoms with Gasteiger partial charge >= 0.3 is 5.97 Å². The highest BCUT2D eigenvalue weighted by Crippen LogP contribution is 2.29. The third-order valence-corrected chi connectivity index (χ3v) is 6.78. The van der Waals surface area contributed by atoms with Crippen molar-refractivity contribution in [2.24, 2.45) is 5.92 Å². The van der Waals surface area contributed by atoms with Crippen molar-refractivity contribution in [3.8, 4) is 0 Å². The zero-order chi connectivity index (χ0) is 26.9. The number of anilines is 1. The summed E-state index contributed by atoms with van der Waals surface area (Å²) in [6.45, 7) is 0.380. The summed E-state index contributed by atoms with van der Waals surface area (Å²) >= 11 is 0. The number of esters is 1. The fourth-order valence-corrected chi connectivity index (χ4v) is 4.66. The molecule has 1 saturated carbocycles. The second kappa shape index (κ2) is 13.0. The molecule has 0 aromatic heterocycles. The molecule has 0 atom stereocenters. The standard InChI is InChI=1S/C32H31F2NO3/c1-38-31(36)20-18-24-7-5-10-27(21-24)35(32(37)26-8-3-2-4-9-26)22-25-15-13-23(14-16-25)17-19-28-29(33)11-6-12-30(28)34/h5-7,10-21,26H,2-4,8-9,22H2,1H3/b19-17+,20-18+. The lowest BCUT2D eigenvalue weighted by atomic mass is 9.88. The lowest BCUT2D eigenvalue weighted by Crippen LogP contribution is -2.36. The number of benzene rings is 3. The van der Waals surface area contributed by atoms with Gasteiger partial charge in [-0.25, -0.2) is 13.6 Å². The van der Waals surface area contributed by atoms with Crippen LogP contribution < -0.4 is 4.90 Å². The monoisotopic (exact) mass is 515 g/mol. The highest BCUT2D eigenvalue weighted by Gasteiger charge is 2.27. The number of hydrogen-bond donors (Lipinski definition) is 0. The van der Waals surface area contributed by atoms with E-state index in [0.717, 1.165) is 54.5 Å². The van der Waals surface area contributed by atoms with Crippen molar-refractivity contribution in [3.05, 3.63) is 107 Å². The van der Waals surface area contributed by atoms with Crippen LogP contribution in [0.3, 0.4) is 0 Å². The van der Waals surface area contributed by atoms with Crippen molar-refractivity contribution in [1.29, 1.82) is 0 Å².